The molecule has 0 aliphatic carbocycles. The van der Waals surface area contributed by atoms with E-state index in [1.807, 2.05) is 35.2 Å². The summed E-state index contributed by atoms with van der Waals surface area (Å²) in [6.45, 7) is 3.70. The Morgan fingerprint density at radius 2 is 1.88 bits per heavy atom. The van der Waals surface area contributed by atoms with Crippen LogP contribution >= 0.6 is 0 Å². The summed E-state index contributed by atoms with van der Waals surface area (Å²) in [4.78, 5) is 0.0865. The summed E-state index contributed by atoms with van der Waals surface area (Å²) >= 11 is 0. The number of hydrogen-bond donors (Lipinski definition) is 2. The fourth-order valence-corrected chi connectivity index (χ4v) is 3.71. The van der Waals surface area contributed by atoms with Crippen molar-refractivity contribution in [2.75, 3.05) is 18.4 Å². The minimum absolute atomic E-state index is 0.0865. The van der Waals surface area contributed by atoms with Crippen LogP contribution in [0.3, 0.4) is 0 Å². The van der Waals surface area contributed by atoms with Crippen molar-refractivity contribution in [3.05, 3.63) is 48.1 Å². The molecule has 132 valence electrons. The normalized spacial score (nSPS) is 11.6. The van der Waals surface area contributed by atoms with Crippen molar-refractivity contribution in [3.8, 4) is 5.82 Å². The first-order valence-electron chi connectivity index (χ1n) is 7.61. The Morgan fingerprint density at radius 1 is 1.12 bits per heavy atom. The Morgan fingerprint density at radius 3 is 2.48 bits per heavy atom. The molecule has 0 aliphatic heterocycles. The summed E-state index contributed by atoms with van der Waals surface area (Å²) in [6, 6.07) is 7.41. The van der Waals surface area contributed by atoms with E-state index in [0.29, 0.717) is 23.9 Å². The number of anilines is 1. The van der Waals surface area contributed by atoms with Gasteiger partial charge in [0.15, 0.2) is 11.6 Å². The van der Waals surface area contributed by atoms with E-state index in [9.17, 15) is 8.42 Å². The van der Waals surface area contributed by atoms with E-state index >= 15 is 0 Å². The molecule has 25 heavy (non-hydrogen) atoms. The number of nitrogens with one attached hydrogen (secondary N) is 2. The smallest absolute Gasteiger partial charge is 0.246 e. The first kappa shape index (κ1) is 17.1. The average molecular weight is 362 g/mol. The summed E-state index contributed by atoms with van der Waals surface area (Å²) in [7, 11) is -3.65. The molecule has 0 bridgehead atoms. The van der Waals surface area contributed by atoms with Gasteiger partial charge in [-0.05, 0) is 38.1 Å². The maximum Gasteiger partial charge on any atom is 0.246 e. The van der Waals surface area contributed by atoms with Crippen LogP contribution in [0.5, 0.6) is 0 Å². The van der Waals surface area contributed by atoms with Crippen molar-refractivity contribution >= 4 is 15.8 Å². The van der Waals surface area contributed by atoms with Crippen LogP contribution in [0.1, 0.15) is 11.5 Å². The molecular formula is C15H18N6O3S. The number of sulfonamides is 1. The molecule has 0 aromatic carbocycles. The highest BCUT2D eigenvalue weighted by Gasteiger charge is 2.23. The van der Waals surface area contributed by atoms with Gasteiger partial charge in [0.1, 0.15) is 16.4 Å². The van der Waals surface area contributed by atoms with Gasteiger partial charge in [0.2, 0.25) is 10.0 Å². The van der Waals surface area contributed by atoms with Crippen molar-refractivity contribution < 1.29 is 12.9 Å². The van der Waals surface area contributed by atoms with Gasteiger partial charge in [-0.25, -0.2) is 13.1 Å². The van der Waals surface area contributed by atoms with Crippen LogP contribution in [-0.4, -0.2) is 41.4 Å². The molecule has 0 unspecified atom stereocenters. The van der Waals surface area contributed by atoms with Gasteiger partial charge >= 0.3 is 0 Å². The van der Waals surface area contributed by atoms with Crippen LogP contribution in [0.15, 0.2) is 46.1 Å². The average Bonchev–Trinajstić information content (AvgIpc) is 3.22. The first-order valence-corrected chi connectivity index (χ1v) is 9.09. The third kappa shape index (κ3) is 3.86. The van der Waals surface area contributed by atoms with Crippen LogP contribution in [0.2, 0.25) is 0 Å². The molecule has 9 nitrogen and oxygen atoms in total. The molecule has 0 amide bonds. The van der Waals surface area contributed by atoms with Crippen LogP contribution in [0, 0.1) is 13.8 Å². The highest BCUT2D eigenvalue weighted by Crippen LogP contribution is 2.18. The Bertz CT molecular complexity index is 913. The molecule has 3 heterocycles. The molecule has 3 aromatic heterocycles. The van der Waals surface area contributed by atoms with Crippen molar-refractivity contribution in [1.82, 2.24) is 24.6 Å². The summed E-state index contributed by atoms with van der Waals surface area (Å²) < 4.78 is 33.7. The van der Waals surface area contributed by atoms with E-state index in [4.69, 9.17) is 4.52 Å². The van der Waals surface area contributed by atoms with Gasteiger partial charge < -0.3 is 14.4 Å². The zero-order chi connectivity index (χ0) is 17.9. The number of hydrogen-bond acceptors (Lipinski definition) is 7. The van der Waals surface area contributed by atoms with Gasteiger partial charge in [-0.1, -0.05) is 5.16 Å². The maximum atomic E-state index is 12.3. The quantitative estimate of drug-likeness (QED) is 0.608. The molecule has 10 heteroatoms. The topological polar surface area (TPSA) is 115 Å². The van der Waals surface area contributed by atoms with E-state index in [-0.39, 0.29) is 17.2 Å². The van der Waals surface area contributed by atoms with Crippen LogP contribution in [0.4, 0.5) is 5.82 Å². The maximum absolute atomic E-state index is 12.3. The number of aryl methyl sites for hydroxylation is 2. The van der Waals surface area contributed by atoms with E-state index in [1.165, 1.54) is 0 Å². The standard InChI is InChI=1S/C15H18N6O3S/c1-11-15(12(2)24-20-11)25(22,23)17-8-7-16-13-5-6-14(19-18-13)21-9-3-4-10-21/h3-6,9-10,17H,7-8H2,1-2H3,(H,16,18). The molecule has 3 rings (SSSR count). The van der Waals surface area contributed by atoms with Crippen molar-refractivity contribution in [2.24, 2.45) is 0 Å². The van der Waals surface area contributed by atoms with E-state index in [1.54, 1.807) is 19.9 Å². The van der Waals surface area contributed by atoms with Gasteiger partial charge in [0.05, 0.1) is 0 Å². The second-order valence-corrected chi connectivity index (χ2v) is 7.05. The first-order chi connectivity index (χ1) is 12.0. The van der Waals surface area contributed by atoms with Crippen LogP contribution < -0.4 is 10.0 Å². The lowest BCUT2D eigenvalue weighted by molar-refractivity contribution is 0.390. The second kappa shape index (κ2) is 7.03. The SMILES string of the molecule is Cc1noc(C)c1S(=O)(=O)NCCNc1ccc(-n2cccc2)nn1. The molecule has 2 N–H and O–H groups in total. The zero-order valence-corrected chi connectivity index (χ0v) is 14.6. The lowest BCUT2D eigenvalue weighted by Crippen LogP contribution is -2.29. The molecule has 0 radical (unpaired) electrons. The zero-order valence-electron chi connectivity index (χ0n) is 13.8. The molecule has 0 fully saturated rings. The van der Waals surface area contributed by atoms with Gasteiger partial charge in [-0.3, -0.25) is 0 Å². The van der Waals surface area contributed by atoms with Crippen LogP contribution in [-0.2, 0) is 10.0 Å². The van der Waals surface area contributed by atoms with Gasteiger partial charge in [0, 0.05) is 25.5 Å². The fraction of sp³-hybridized carbons (Fsp3) is 0.267. The van der Waals surface area contributed by atoms with E-state index in [0.717, 1.165) is 0 Å². The van der Waals surface area contributed by atoms with Gasteiger partial charge in [-0.2, -0.15) is 0 Å². The summed E-state index contributed by atoms with van der Waals surface area (Å²) in [5, 5.41) is 14.8. The Balaban J connectivity index is 1.53. The van der Waals surface area contributed by atoms with Crippen molar-refractivity contribution in [2.45, 2.75) is 18.7 Å². The predicted octanol–water partition coefficient (Wildman–Crippen LogP) is 1.26. The summed E-state index contributed by atoms with van der Waals surface area (Å²) in [5.41, 5.74) is 0.337. The molecule has 0 spiro atoms. The summed E-state index contributed by atoms with van der Waals surface area (Å²) in [6.07, 6.45) is 3.75. The number of aromatic nitrogens is 4. The van der Waals surface area contributed by atoms with Crippen molar-refractivity contribution in [3.63, 3.8) is 0 Å². The predicted molar refractivity (Wildman–Crippen MR) is 91.0 cm³/mol. The Labute approximate surface area is 145 Å². The van der Waals surface area contributed by atoms with E-state index < -0.39 is 10.0 Å². The molecule has 0 atom stereocenters. The van der Waals surface area contributed by atoms with Crippen molar-refractivity contribution in [1.29, 1.82) is 0 Å². The second-order valence-electron chi connectivity index (χ2n) is 5.34. The molecule has 3 aromatic rings. The molecule has 0 saturated heterocycles. The largest absolute Gasteiger partial charge is 0.367 e. The fourth-order valence-electron chi connectivity index (χ4n) is 2.35. The van der Waals surface area contributed by atoms with E-state index in [2.05, 4.69) is 25.4 Å². The lowest BCUT2D eigenvalue weighted by atomic mass is 10.4. The number of nitrogens with zero attached hydrogens (tertiary/aromatic N) is 4. The molecular weight excluding hydrogens is 344 g/mol. The number of rotatable bonds is 7. The molecule has 0 saturated carbocycles. The Kier molecular flexibility index (Phi) is 4.81. The van der Waals surface area contributed by atoms with Crippen LogP contribution in [0.25, 0.3) is 5.82 Å². The lowest BCUT2D eigenvalue weighted by Gasteiger charge is -2.08. The van der Waals surface area contributed by atoms with Gasteiger partial charge in [-0.15, -0.1) is 10.2 Å². The third-order valence-corrected chi connectivity index (χ3v) is 5.18. The van der Waals surface area contributed by atoms with Gasteiger partial charge in [0.25, 0.3) is 0 Å². The molecule has 0 aliphatic rings. The highest BCUT2D eigenvalue weighted by molar-refractivity contribution is 7.89. The monoisotopic (exact) mass is 362 g/mol. The minimum atomic E-state index is -3.65. The summed E-state index contributed by atoms with van der Waals surface area (Å²) in [5.74, 6) is 1.53. The highest BCUT2D eigenvalue weighted by atomic mass is 32.2. The third-order valence-electron chi connectivity index (χ3n) is 3.48. The Hall–Kier alpha value is -2.72. The minimum Gasteiger partial charge on any atom is -0.367 e.